The molecule has 6 heteroatoms. The van der Waals surface area contributed by atoms with Gasteiger partial charge in [-0.25, -0.2) is 0 Å². The number of benzene rings is 1. The number of carboxylic acid groups (broad SMARTS) is 1. The summed E-state index contributed by atoms with van der Waals surface area (Å²) in [5.41, 5.74) is 0.524. The normalized spacial score (nSPS) is 14.2. The second-order valence-electron chi connectivity index (χ2n) is 3.70. The molecule has 0 aliphatic rings. The zero-order chi connectivity index (χ0) is 13.0. The zero-order valence-corrected chi connectivity index (χ0v) is 10.2. The summed E-state index contributed by atoms with van der Waals surface area (Å²) in [4.78, 5) is 10.8. The lowest BCUT2D eigenvalue weighted by atomic mass is 10.1. The monoisotopic (exact) mass is 257 g/mol. The van der Waals surface area contributed by atoms with Gasteiger partial charge in [-0.3, -0.25) is 10.1 Å². The van der Waals surface area contributed by atoms with Crippen LogP contribution >= 0.6 is 12.6 Å². The van der Waals surface area contributed by atoms with Crippen LogP contribution in [0.1, 0.15) is 18.5 Å². The molecule has 5 nitrogen and oxygen atoms in total. The number of rotatable bonds is 5. The van der Waals surface area contributed by atoms with E-state index in [0.717, 1.165) is 0 Å². The standard InChI is InChI=1S/C11H15NO4S/c1-6(12-9(5-17)11(15)16)8-3-2-7(13)4-10(8)14/h2-4,6,9,12-14,17H,5H2,1H3,(H,15,16). The first-order valence-electron chi connectivity index (χ1n) is 5.07. The number of phenolic OH excluding ortho intramolecular Hbond substituents is 2. The van der Waals surface area contributed by atoms with E-state index in [4.69, 9.17) is 10.2 Å². The summed E-state index contributed by atoms with van der Waals surface area (Å²) in [5, 5.41) is 30.5. The average Bonchev–Trinajstić information content (AvgIpc) is 2.24. The van der Waals surface area contributed by atoms with Crippen molar-refractivity contribution in [2.45, 2.75) is 19.0 Å². The van der Waals surface area contributed by atoms with Gasteiger partial charge in [0.15, 0.2) is 0 Å². The van der Waals surface area contributed by atoms with E-state index in [1.54, 1.807) is 13.0 Å². The first-order chi connectivity index (χ1) is 7.95. The fourth-order valence-corrected chi connectivity index (χ4v) is 1.75. The van der Waals surface area contributed by atoms with Gasteiger partial charge < -0.3 is 15.3 Å². The number of hydrogen-bond acceptors (Lipinski definition) is 5. The summed E-state index contributed by atoms with van der Waals surface area (Å²) in [6.45, 7) is 1.73. The molecule has 1 aromatic carbocycles. The molecular weight excluding hydrogens is 242 g/mol. The van der Waals surface area contributed by atoms with Crippen molar-refractivity contribution in [1.29, 1.82) is 0 Å². The predicted molar refractivity (Wildman–Crippen MR) is 66.6 cm³/mol. The van der Waals surface area contributed by atoms with E-state index in [0.29, 0.717) is 5.56 Å². The lowest BCUT2D eigenvalue weighted by Gasteiger charge is -2.19. The molecule has 0 aliphatic heterocycles. The third kappa shape index (κ3) is 3.54. The first kappa shape index (κ1) is 13.7. The van der Waals surface area contributed by atoms with Crippen LogP contribution in [0.25, 0.3) is 0 Å². The maximum absolute atomic E-state index is 10.8. The van der Waals surface area contributed by atoms with Gasteiger partial charge >= 0.3 is 5.97 Å². The fourth-order valence-electron chi connectivity index (χ4n) is 1.49. The van der Waals surface area contributed by atoms with Crippen LogP contribution in [0.15, 0.2) is 18.2 Å². The third-order valence-corrected chi connectivity index (χ3v) is 2.78. The molecule has 0 bridgehead atoms. The maximum Gasteiger partial charge on any atom is 0.321 e. The van der Waals surface area contributed by atoms with Crippen LogP contribution in [0, 0.1) is 0 Å². The van der Waals surface area contributed by atoms with Crippen molar-refractivity contribution in [3.8, 4) is 11.5 Å². The highest BCUT2D eigenvalue weighted by Crippen LogP contribution is 2.27. The van der Waals surface area contributed by atoms with Gasteiger partial charge in [-0.1, -0.05) is 6.07 Å². The Kier molecular flexibility index (Phi) is 4.65. The minimum absolute atomic E-state index is 0.0394. The number of thiol groups is 1. The summed E-state index contributed by atoms with van der Waals surface area (Å²) in [7, 11) is 0. The molecule has 0 aromatic heterocycles. The van der Waals surface area contributed by atoms with Crippen molar-refractivity contribution >= 4 is 18.6 Å². The van der Waals surface area contributed by atoms with Gasteiger partial charge in [0.05, 0.1) is 0 Å². The fraction of sp³-hybridized carbons (Fsp3) is 0.364. The molecule has 0 fully saturated rings. The van der Waals surface area contributed by atoms with E-state index in [2.05, 4.69) is 17.9 Å². The summed E-state index contributed by atoms with van der Waals surface area (Å²) < 4.78 is 0. The number of phenols is 2. The topological polar surface area (TPSA) is 89.8 Å². The number of aromatic hydroxyl groups is 2. The molecule has 2 unspecified atom stereocenters. The van der Waals surface area contributed by atoms with Crippen molar-refractivity contribution in [2.75, 3.05) is 5.75 Å². The van der Waals surface area contributed by atoms with Crippen molar-refractivity contribution in [3.05, 3.63) is 23.8 Å². The average molecular weight is 257 g/mol. The summed E-state index contributed by atoms with van der Waals surface area (Å²) in [5.74, 6) is -0.959. The van der Waals surface area contributed by atoms with Gasteiger partial charge in [-0.15, -0.1) is 0 Å². The number of hydrogen-bond donors (Lipinski definition) is 5. The number of carboxylic acids is 1. The van der Waals surface area contributed by atoms with Gasteiger partial charge in [-0.05, 0) is 13.0 Å². The van der Waals surface area contributed by atoms with E-state index in [9.17, 15) is 9.90 Å². The predicted octanol–water partition coefficient (Wildman–Crippen LogP) is 1.13. The van der Waals surface area contributed by atoms with Gasteiger partial charge in [0, 0.05) is 23.4 Å². The van der Waals surface area contributed by atoms with Crippen LogP contribution in [-0.4, -0.2) is 33.1 Å². The Balaban J connectivity index is 2.82. The molecule has 1 rings (SSSR count). The molecule has 0 saturated carbocycles. The first-order valence-corrected chi connectivity index (χ1v) is 5.70. The SMILES string of the molecule is CC(NC(CS)C(=O)O)c1ccc(O)cc1O. The molecular formula is C11H15NO4S. The molecule has 1 aromatic rings. The van der Waals surface area contributed by atoms with Crippen LogP contribution in [-0.2, 0) is 4.79 Å². The summed E-state index contributed by atoms with van der Waals surface area (Å²) >= 11 is 3.94. The van der Waals surface area contributed by atoms with Crippen molar-refractivity contribution in [1.82, 2.24) is 5.32 Å². The molecule has 0 spiro atoms. The Labute approximate surface area is 105 Å². The minimum atomic E-state index is -0.995. The molecule has 0 saturated heterocycles. The molecule has 0 heterocycles. The Morgan fingerprint density at radius 3 is 2.59 bits per heavy atom. The van der Waals surface area contributed by atoms with Crippen LogP contribution in [0.5, 0.6) is 11.5 Å². The molecule has 94 valence electrons. The van der Waals surface area contributed by atoms with Gasteiger partial charge in [0.25, 0.3) is 0 Å². The smallest absolute Gasteiger partial charge is 0.321 e. The Bertz CT molecular complexity index is 410. The van der Waals surface area contributed by atoms with E-state index in [1.807, 2.05) is 0 Å². The quantitative estimate of drug-likeness (QED) is 0.510. The second kappa shape index (κ2) is 5.79. The number of carbonyl (C=O) groups is 1. The largest absolute Gasteiger partial charge is 0.508 e. The van der Waals surface area contributed by atoms with Crippen molar-refractivity contribution in [2.24, 2.45) is 0 Å². The molecule has 0 amide bonds. The van der Waals surface area contributed by atoms with Gasteiger partial charge in [-0.2, -0.15) is 12.6 Å². The third-order valence-electron chi connectivity index (χ3n) is 2.41. The van der Waals surface area contributed by atoms with E-state index in [1.165, 1.54) is 12.1 Å². The summed E-state index contributed by atoms with van der Waals surface area (Å²) in [6, 6.07) is 3.04. The molecule has 2 atom stereocenters. The van der Waals surface area contributed by atoms with Crippen LogP contribution < -0.4 is 5.32 Å². The van der Waals surface area contributed by atoms with Crippen LogP contribution in [0.3, 0.4) is 0 Å². The Morgan fingerprint density at radius 1 is 1.47 bits per heavy atom. The van der Waals surface area contributed by atoms with E-state index >= 15 is 0 Å². The van der Waals surface area contributed by atoms with E-state index in [-0.39, 0.29) is 23.3 Å². The molecule has 4 N–H and O–H groups in total. The highest BCUT2D eigenvalue weighted by molar-refractivity contribution is 7.80. The van der Waals surface area contributed by atoms with E-state index < -0.39 is 12.0 Å². The van der Waals surface area contributed by atoms with Crippen molar-refractivity contribution in [3.63, 3.8) is 0 Å². The lowest BCUT2D eigenvalue weighted by molar-refractivity contribution is -0.139. The lowest BCUT2D eigenvalue weighted by Crippen LogP contribution is -2.39. The Hall–Kier alpha value is -1.40. The number of aliphatic carboxylic acids is 1. The van der Waals surface area contributed by atoms with Crippen LogP contribution in [0.4, 0.5) is 0 Å². The van der Waals surface area contributed by atoms with Crippen molar-refractivity contribution < 1.29 is 20.1 Å². The van der Waals surface area contributed by atoms with Gasteiger partial charge in [0.1, 0.15) is 17.5 Å². The molecule has 17 heavy (non-hydrogen) atoms. The zero-order valence-electron chi connectivity index (χ0n) is 9.29. The second-order valence-corrected chi connectivity index (χ2v) is 4.07. The van der Waals surface area contributed by atoms with Gasteiger partial charge in [0.2, 0.25) is 0 Å². The summed E-state index contributed by atoms with van der Waals surface area (Å²) in [6.07, 6.45) is 0. The highest BCUT2D eigenvalue weighted by atomic mass is 32.1. The molecule has 0 aliphatic carbocycles. The minimum Gasteiger partial charge on any atom is -0.508 e. The number of nitrogens with one attached hydrogen (secondary N) is 1. The molecule has 0 radical (unpaired) electrons. The Morgan fingerprint density at radius 2 is 2.12 bits per heavy atom. The van der Waals surface area contributed by atoms with Crippen LogP contribution in [0.2, 0.25) is 0 Å². The maximum atomic E-state index is 10.8. The highest BCUT2D eigenvalue weighted by Gasteiger charge is 2.20.